The third-order valence-corrected chi connectivity index (χ3v) is 3.82. The van der Waals surface area contributed by atoms with Crippen molar-refractivity contribution in [1.82, 2.24) is 0 Å². The molecular weight excluding hydrogens is 290 g/mol. The number of hydrogen-bond acceptors (Lipinski definition) is 4. The van der Waals surface area contributed by atoms with Crippen LogP contribution in [-0.4, -0.2) is 27.5 Å². The molecule has 0 aromatic heterocycles. The van der Waals surface area contributed by atoms with E-state index in [-0.39, 0.29) is 17.4 Å². The van der Waals surface area contributed by atoms with Gasteiger partial charge in [-0.3, -0.25) is 4.79 Å². The van der Waals surface area contributed by atoms with Gasteiger partial charge >= 0.3 is 0 Å². The van der Waals surface area contributed by atoms with Crippen molar-refractivity contribution in [2.24, 2.45) is 0 Å². The lowest BCUT2D eigenvalue weighted by Gasteiger charge is -2.13. The number of hydrogen-bond donors (Lipinski definition) is 1. The summed E-state index contributed by atoms with van der Waals surface area (Å²) in [5.74, 6) is -0.283. The highest BCUT2D eigenvalue weighted by Crippen LogP contribution is 2.26. The molecule has 5 nitrogen and oxygen atoms in total. The highest BCUT2D eigenvalue weighted by atomic mass is 35.7. The van der Waals surface area contributed by atoms with Gasteiger partial charge in [0.15, 0.2) is 0 Å². The van der Waals surface area contributed by atoms with Gasteiger partial charge in [0.25, 0.3) is 9.05 Å². The Morgan fingerprint density at radius 2 is 1.84 bits per heavy atom. The van der Waals surface area contributed by atoms with Crippen molar-refractivity contribution in [3.8, 4) is 0 Å². The fraction of sp³-hybridized carbons (Fsp3) is 0.417. The number of halogens is 1. The molecule has 0 spiro atoms. The zero-order valence-electron chi connectivity index (χ0n) is 11.0. The Morgan fingerprint density at radius 1 is 1.32 bits per heavy atom. The van der Waals surface area contributed by atoms with Crippen LogP contribution in [0.15, 0.2) is 17.0 Å². The summed E-state index contributed by atoms with van der Waals surface area (Å²) in [5.41, 5.74) is 1.84. The highest BCUT2D eigenvalue weighted by Gasteiger charge is 2.15. The first-order valence-corrected chi connectivity index (χ1v) is 8.00. The first kappa shape index (κ1) is 15.9. The molecule has 0 aliphatic heterocycles. The van der Waals surface area contributed by atoms with E-state index in [1.165, 1.54) is 12.1 Å². The first-order chi connectivity index (χ1) is 8.75. The highest BCUT2D eigenvalue weighted by molar-refractivity contribution is 8.13. The molecule has 106 valence electrons. The summed E-state index contributed by atoms with van der Waals surface area (Å²) in [4.78, 5) is 11.6. The van der Waals surface area contributed by atoms with Gasteiger partial charge in [0.05, 0.1) is 4.90 Å². The lowest BCUT2D eigenvalue weighted by atomic mass is 10.1. The van der Waals surface area contributed by atoms with Crippen LogP contribution in [0.1, 0.15) is 18.1 Å². The molecule has 0 fully saturated rings. The molecule has 0 heterocycles. The van der Waals surface area contributed by atoms with Gasteiger partial charge in [-0.05, 0) is 44.0 Å². The fourth-order valence-corrected chi connectivity index (χ4v) is 2.53. The standard InChI is InChI=1S/C12H16ClNO4S/c1-4-18-7-11(15)14-12-8(2)5-10(6-9(12)3)19(13,16)17/h5-6H,4,7H2,1-3H3,(H,14,15). The SMILES string of the molecule is CCOCC(=O)Nc1c(C)cc(S(=O)(=O)Cl)cc1C. The third-order valence-electron chi connectivity index (χ3n) is 2.49. The smallest absolute Gasteiger partial charge is 0.261 e. The number of anilines is 1. The summed E-state index contributed by atoms with van der Waals surface area (Å²) < 4.78 is 27.5. The molecule has 0 saturated heterocycles. The molecule has 0 aliphatic carbocycles. The number of amides is 1. The van der Waals surface area contributed by atoms with Crippen molar-refractivity contribution in [1.29, 1.82) is 0 Å². The van der Waals surface area contributed by atoms with Gasteiger partial charge in [0.2, 0.25) is 5.91 Å². The van der Waals surface area contributed by atoms with Crippen LogP contribution in [0.3, 0.4) is 0 Å². The monoisotopic (exact) mass is 305 g/mol. The molecule has 1 N–H and O–H groups in total. The number of nitrogens with one attached hydrogen (secondary N) is 1. The first-order valence-electron chi connectivity index (χ1n) is 5.69. The summed E-state index contributed by atoms with van der Waals surface area (Å²) in [6.07, 6.45) is 0. The van der Waals surface area contributed by atoms with Gasteiger partial charge in [-0.1, -0.05) is 0 Å². The molecule has 7 heteroatoms. The third kappa shape index (κ3) is 4.49. The average molecular weight is 306 g/mol. The average Bonchev–Trinajstić information content (AvgIpc) is 2.29. The zero-order valence-corrected chi connectivity index (χ0v) is 12.6. The lowest BCUT2D eigenvalue weighted by molar-refractivity contribution is -0.120. The van der Waals surface area contributed by atoms with E-state index in [4.69, 9.17) is 15.4 Å². The van der Waals surface area contributed by atoms with Crippen molar-refractivity contribution in [2.75, 3.05) is 18.5 Å². The summed E-state index contributed by atoms with van der Waals surface area (Å²) >= 11 is 0. The minimum absolute atomic E-state index is 0.0203. The van der Waals surface area contributed by atoms with Crippen LogP contribution < -0.4 is 5.32 Å². The largest absolute Gasteiger partial charge is 0.372 e. The van der Waals surface area contributed by atoms with E-state index in [0.717, 1.165) is 0 Å². The molecule has 1 amide bonds. The number of benzene rings is 1. The van der Waals surface area contributed by atoms with Gasteiger partial charge in [0, 0.05) is 23.0 Å². The van der Waals surface area contributed by atoms with E-state index in [9.17, 15) is 13.2 Å². The Kier molecular flexibility index (Phi) is 5.34. The lowest BCUT2D eigenvalue weighted by Crippen LogP contribution is -2.19. The molecule has 1 rings (SSSR count). The van der Waals surface area contributed by atoms with Crippen LogP contribution in [0.4, 0.5) is 5.69 Å². The van der Waals surface area contributed by atoms with Gasteiger partial charge in [-0.15, -0.1) is 0 Å². The Morgan fingerprint density at radius 3 is 2.26 bits per heavy atom. The molecule has 0 atom stereocenters. The second-order valence-corrected chi connectivity index (χ2v) is 6.62. The van der Waals surface area contributed by atoms with Crippen molar-refractivity contribution in [3.05, 3.63) is 23.3 Å². The summed E-state index contributed by atoms with van der Waals surface area (Å²) in [7, 11) is 1.52. The van der Waals surface area contributed by atoms with E-state index in [2.05, 4.69) is 5.32 Å². The molecule has 0 unspecified atom stereocenters. The molecule has 0 bridgehead atoms. The quantitative estimate of drug-likeness (QED) is 0.847. The Bertz CT molecular complexity index is 560. The number of carbonyl (C=O) groups excluding carboxylic acids is 1. The van der Waals surface area contributed by atoms with Crippen LogP contribution in [0.5, 0.6) is 0 Å². The van der Waals surface area contributed by atoms with E-state index < -0.39 is 9.05 Å². The number of ether oxygens (including phenoxy) is 1. The van der Waals surface area contributed by atoms with Crippen molar-refractivity contribution >= 4 is 31.3 Å². The maximum Gasteiger partial charge on any atom is 0.261 e. The van der Waals surface area contributed by atoms with Gasteiger partial charge < -0.3 is 10.1 Å². The van der Waals surface area contributed by atoms with Crippen molar-refractivity contribution < 1.29 is 17.9 Å². The Balaban J connectivity index is 3.01. The normalized spacial score (nSPS) is 11.4. The fourth-order valence-electron chi connectivity index (χ4n) is 1.63. The molecule has 0 radical (unpaired) electrons. The number of aryl methyl sites for hydroxylation is 2. The Hall–Kier alpha value is -1.11. The van der Waals surface area contributed by atoms with Crippen LogP contribution in [0.25, 0.3) is 0 Å². The maximum atomic E-state index is 11.6. The maximum absolute atomic E-state index is 11.6. The minimum Gasteiger partial charge on any atom is -0.372 e. The van der Waals surface area contributed by atoms with Crippen LogP contribution in [-0.2, 0) is 18.6 Å². The molecule has 0 aliphatic rings. The van der Waals surface area contributed by atoms with Gasteiger partial charge in [-0.2, -0.15) is 0 Å². The summed E-state index contributed by atoms with van der Waals surface area (Å²) in [5, 5.41) is 2.69. The Labute approximate surface area is 117 Å². The van der Waals surface area contributed by atoms with Gasteiger partial charge in [0.1, 0.15) is 6.61 Å². The van der Waals surface area contributed by atoms with E-state index in [1.54, 1.807) is 20.8 Å². The molecular formula is C12H16ClNO4S. The van der Waals surface area contributed by atoms with Crippen LogP contribution in [0, 0.1) is 13.8 Å². The van der Waals surface area contributed by atoms with Crippen LogP contribution >= 0.6 is 10.7 Å². The van der Waals surface area contributed by atoms with Crippen molar-refractivity contribution in [3.63, 3.8) is 0 Å². The van der Waals surface area contributed by atoms with E-state index in [0.29, 0.717) is 23.4 Å². The topological polar surface area (TPSA) is 72.5 Å². The second kappa shape index (κ2) is 6.36. The molecule has 0 saturated carbocycles. The summed E-state index contributed by atoms with van der Waals surface area (Å²) in [6.45, 7) is 5.62. The number of rotatable bonds is 5. The predicted octanol–water partition coefficient (Wildman–Crippen LogP) is 2.21. The minimum atomic E-state index is -3.77. The predicted molar refractivity (Wildman–Crippen MR) is 74.1 cm³/mol. The van der Waals surface area contributed by atoms with Crippen LogP contribution in [0.2, 0.25) is 0 Å². The van der Waals surface area contributed by atoms with E-state index in [1.807, 2.05) is 0 Å². The van der Waals surface area contributed by atoms with Crippen molar-refractivity contribution in [2.45, 2.75) is 25.7 Å². The van der Waals surface area contributed by atoms with Gasteiger partial charge in [-0.25, -0.2) is 8.42 Å². The molecule has 1 aromatic rings. The summed E-state index contributed by atoms with van der Waals surface area (Å²) in [6, 6.07) is 2.84. The zero-order chi connectivity index (χ0) is 14.6. The second-order valence-electron chi connectivity index (χ2n) is 4.06. The molecule has 1 aromatic carbocycles. The van der Waals surface area contributed by atoms with E-state index >= 15 is 0 Å². The number of carbonyl (C=O) groups is 1. The molecule has 19 heavy (non-hydrogen) atoms.